The predicted molar refractivity (Wildman–Crippen MR) is 132 cm³/mol. The molecule has 1 fully saturated rings. The van der Waals surface area contributed by atoms with E-state index in [0.29, 0.717) is 4.90 Å². The zero-order valence-electron chi connectivity index (χ0n) is 19.9. The lowest BCUT2D eigenvalue weighted by molar-refractivity contribution is -0.137. The Kier molecular flexibility index (Phi) is 9.79. The van der Waals surface area contributed by atoms with Crippen molar-refractivity contribution >= 4 is 39.9 Å². The van der Waals surface area contributed by atoms with Gasteiger partial charge in [-0.1, -0.05) is 31.4 Å². The van der Waals surface area contributed by atoms with E-state index in [0.717, 1.165) is 62.4 Å². The van der Waals surface area contributed by atoms with Crippen molar-refractivity contribution in [1.82, 2.24) is 5.32 Å². The number of alkyl halides is 3. The molecule has 37 heavy (non-hydrogen) atoms. The van der Waals surface area contributed by atoms with E-state index in [2.05, 4.69) is 10.6 Å². The Morgan fingerprint density at radius 3 is 2.22 bits per heavy atom. The number of carbonyl (C=O) groups excluding carboxylic acids is 3. The number of anilines is 2. The molecule has 1 unspecified atom stereocenters. The van der Waals surface area contributed by atoms with Gasteiger partial charge in [0.25, 0.3) is 0 Å². The molecule has 12 heteroatoms. The lowest BCUT2D eigenvalue weighted by Gasteiger charge is -2.28. The number of rotatable bonds is 9. The smallest absolute Gasteiger partial charge is 0.352 e. The van der Waals surface area contributed by atoms with Gasteiger partial charge in [0, 0.05) is 22.5 Å². The van der Waals surface area contributed by atoms with Crippen molar-refractivity contribution in [3.63, 3.8) is 0 Å². The SMILES string of the molecule is O=C(CS(=O)CC(=O)N(CC(=O)NC1CCCCC1)c1ccccc1C(F)(F)F)Nc1ccc(F)cc1. The molecule has 200 valence electrons. The third kappa shape index (κ3) is 8.66. The van der Waals surface area contributed by atoms with Crippen molar-refractivity contribution in [3.8, 4) is 0 Å². The number of benzene rings is 2. The first-order valence-corrected chi connectivity index (χ1v) is 13.2. The molecular formula is C25H27F4N3O4S. The van der Waals surface area contributed by atoms with Gasteiger partial charge in [0.05, 0.1) is 11.3 Å². The molecule has 0 heterocycles. The fourth-order valence-electron chi connectivity index (χ4n) is 4.06. The van der Waals surface area contributed by atoms with Gasteiger partial charge in [0.15, 0.2) is 0 Å². The fourth-order valence-corrected chi connectivity index (χ4v) is 4.96. The Hall–Kier alpha value is -3.28. The van der Waals surface area contributed by atoms with Crippen LogP contribution in [-0.2, 0) is 31.4 Å². The van der Waals surface area contributed by atoms with E-state index in [-0.39, 0.29) is 11.7 Å². The van der Waals surface area contributed by atoms with Crippen LogP contribution in [0.3, 0.4) is 0 Å². The summed E-state index contributed by atoms with van der Waals surface area (Å²) >= 11 is 0. The van der Waals surface area contributed by atoms with Gasteiger partial charge in [-0.3, -0.25) is 18.6 Å². The molecule has 1 aliphatic rings. The molecule has 1 atom stereocenters. The Morgan fingerprint density at radius 1 is 0.919 bits per heavy atom. The van der Waals surface area contributed by atoms with Gasteiger partial charge < -0.3 is 15.5 Å². The maximum absolute atomic E-state index is 13.7. The number of halogens is 4. The third-order valence-corrected chi connectivity index (χ3v) is 6.93. The summed E-state index contributed by atoms with van der Waals surface area (Å²) in [6.07, 6.45) is -0.440. The molecule has 3 amide bonds. The predicted octanol–water partition coefficient (Wildman–Crippen LogP) is 4.01. The second-order valence-corrected chi connectivity index (χ2v) is 10.1. The normalized spacial score (nSPS) is 15.0. The highest BCUT2D eigenvalue weighted by Crippen LogP contribution is 2.36. The van der Waals surface area contributed by atoms with Crippen LogP contribution in [0.5, 0.6) is 0 Å². The molecule has 0 aromatic heterocycles. The lowest BCUT2D eigenvalue weighted by Crippen LogP contribution is -2.46. The molecule has 7 nitrogen and oxygen atoms in total. The Morgan fingerprint density at radius 2 is 1.57 bits per heavy atom. The zero-order chi connectivity index (χ0) is 27.0. The van der Waals surface area contributed by atoms with Crippen molar-refractivity contribution in [2.75, 3.05) is 28.3 Å². The van der Waals surface area contributed by atoms with E-state index < -0.39 is 69.8 Å². The minimum Gasteiger partial charge on any atom is -0.352 e. The van der Waals surface area contributed by atoms with Gasteiger partial charge >= 0.3 is 6.18 Å². The molecular weight excluding hydrogens is 514 g/mol. The summed E-state index contributed by atoms with van der Waals surface area (Å²) in [7, 11) is -2.09. The average molecular weight is 542 g/mol. The highest BCUT2D eigenvalue weighted by molar-refractivity contribution is 7.86. The standard InChI is InChI=1S/C25H27F4N3O4S/c26-17-10-12-19(13-11-17)31-23(34)15-37(36)16-24(35)32(14-22(33)30-18-6-2-1-3-7-18)21-9-5-4-8-20(21)25(27,28)29/h4-5,8-13,18H,1-3,6-7,14-16H2,(H,30,33)(H,31,34). The molecule has 0 radical (unpaired) electrons. The number of para-hydroxylation sites is 1. The minimum atomic E-state index is -4.80. The number of hydrogen-bond acceptors (Lipinski definition) is 4. The first-order valence-electron chi connectivity index (χ1n) is 11.7. The van der Waals surface area contributed by atoms with Gasteiger partial charge in [0.2, 0.25) is 17.7 Å². The first-order chi connectivity index (χ1) is 17.5. The number of amides is 3. The summed E-state index contributed by atoms with van der Waals surface area (Å²) in [4.78, 5) is 38.6. The number of nitrogens with one attached hydrogen (secondary N) is 2. The highest BCUT2D eigenvalue weighted by atomic mass is 32.2. The molecule has 0 spiro atoms. The zero-order valence-corrected chi connectivity index (χ0v) is 20.7. The van der Waals surface area contributed by atoms with Crippen molar-refractivity contribution in [2.45, 2.75) is 44.3 Å². The van der Waals surface area contributed by atoms with Crippen LogP contribution in [-0.4, -0.2) is 46.0 Å². The van der Waals surface area contributed by atoms with Gasteiger partial charge in [-0.2, -0.15) is 13.2 Å². The number of carbonyl (C=O) groups is 3. The summed E-state index contributed by atoms with van der Waals surface area (Å²) in [6.45, 7) is -0.693. The summed E-state index contributed by atoms with van der Waals surface area (Å²) < 4.78 is 66.6. The molecule has 0 bridgehead atoms. The molecule has 2 aromatic rings. The second kappa shape index (κ2) is 12.8. The molecule has 2 aromatic carbocycles. The van der Waals surface area contributed by atoms with Gasteiger partial charge in [0.1, 0.15) is 23.9 Å². The molecule has 3 rings (SSSR count). The topological polar surface area (TPSA) is 95.6 Å². The Bertz CT molecular complexity index is 1140. The maximum atomic E-state index is 13.7. The monoisotopic (exact) mass is 541 g/mol. The van der Waals surface area contributed by atoms with Crippen molar-refractivity contribution in [1.29, 1.82) is 0 Å². The van der Waals surface area contributed by atoms with Crippen molar-refractivity contribution in [2.24, 2.45) is 0 Å². The van der Waals surface area contributed by atoms with Crippen LogP contribution < -0.4 is 15.5 Å². The van der Waals surface area contributed by atoms with Crippen LogP contribution in [0.25, 0.3) is 0 Å². The summed E-state index contributed by atoms with van der Waals surface area (Å²) in [5, 5.41) is 5.17. The van der Waals surface area contributed by atoms with E-state index in [9.17, 15) is 36.2 Å². The summed E-state index contributed by atoms with van der Waals surface area (Å²) in [5.41, 5.74) is -1.41. The van der Waals surface area contributed by atoms with Gasteiger partial charge in [-0.25, -0.2) is 4.39 Å². The van der Waals surface area contributed by atoms with Crippen LogP contribution in [0.4, 0.5) is 28.9 Å². The van der Waals surface area contributed by atoms with Gasteiger partial charge in [-0.15, -0.1) is 0 Å². The van der Waals surface area contributed by atoms with Crippen LogP contribution in [0, 0.1) is 5.82 Å². The van der Waals surface area contributed by atoms with Crippen molar-refractivity contribution in [3.05, 3.63) is 59.9 Å². The van der Waals surface area contributed by atoms with E-state index >= 15 is 0 Å². The van der Waals surface area contributed by atoms with E-state index in [1.165, 1.54) is 18.2 Å². The molecule has 0 saturated heterocycles. The quantitative estimate of drug-likeness (QED) is 0.469. The number of hydrogen-bond donors (Lipinski definition) is 2. The largest absolute Gasteiger partial charge is 0.418 e. The maximum Gasteiger partial charge on any atom is 0.418 e. The summed E-state index contributed by atoms with van der Waals surface area (Å²) in [5.74, 6) is -4.26. The minimum absolute atomic E-state index is 0.125. The van der Waals surface area contributed by atoms with Crippen LogP contribution in [0.1, 0.15) is 37.7 Å². The molecule has 0 aliphatic heterocycles. The number of nitrogens with zero attached hydrogens (tertiary/aromatic N) is 1. The third-order valence-electron chi connectivity index (χ3n) is 5.78. The highest BCUT2D eigenvalue weighted by Gasteiger charge is 2.36. The van der Waals surface area contributed by atoms with Crippen LogP contribution in [0.15, 0.2) is 48.5 Å². The summed E-state index contributed by atoms with van der Waals surface area (Å²) in [6, 6.07) is 9.02. The first kappa shape index (κ1) is 28.3. The van der Waals surface area contributed by atoms with Crippen molar-refractivity contribution < 1.29 is 36.2 Å². The lowest BCUT2D eigenvalue weighted by atomic mass is 9.95. The fraction of sp³-hybridized carbons (Fsp3) is 0.400. The van der Waals surface area contributed by atoms with E-state index in [1.807, 2.05) is 0 Å². The molecule has 1 saturated carbocycles. The van der Waals surface area contributed by atoms with Crippen LogP contribution >= 0.6 is 0 Å². The Labute approximate surface area is 214 Å². The van der Waals surface area contributed by atoms with Crippen LogP contribution in [0.2, 0.25) is 0 Å². The second-order valence-electron chi connectivity index (χ2n) is 8.68. The van der Waals surface area contributed by atoms with E-state index in [4.69, 9.17) is 0 Å². The van der Waals surface area contributed by atoms with Gasteiger partial charge in [-0.05, 0) is 49.2 Å². The Balaban J connectivity index is 1.72. The average Bonchev–Trinajstić information content (AvgIpc) is 2.84. The molecule has 1 aliphatic carbocycles. The van der Waals surface area contributed by atoms with E-state index in [1.54, 1.807) is 0 Å². The molecule has 2 N–H and O–H groups in total.